The molecule has 2 aliphatic heterocycles. The third-order valence-corrected chi connectivity index (χ3v) is 8.84. The number of nitrogens with one attached hydrogen (secondary N) is 4. The number of rotatable bonds is 20. The van der Waals surface area contributed by atoms with Gasteiger partial charge >= 0.3 is 6.03 Å². The van der Waals surface area contributed by atoms with Crippen LogP contribution in [0.2, 0.25) is 0 Å². The molecule has 0 saturated carbocycles. The summed E-state index contributed by atoms with van der Waals surface area (Å²) in [6.07, 6.45) is 8.05. The topological polar surface area (TPSA) is 127 Å². The van der Waals surface area contributed by atoms with Crippen molar-refractivity contribution in [3.8, 4) is 11.8 Å². The molecule has 0 spiro atoms. The molecule has 41 heavy (non-hydrogen) atoms. The first-order valence-corrected chi connectivity index (χ1v) is 16.2. The van der Waals surface area contributed by atoms with Crippen LogP contribution in [0, 0.1) is 11.8 Å². The monoisotopic (exact) mass is 598 g/mol. The van der Waals surface area contributed by atoms with Crippen LogP contribution in [0.4, 0.5) is 9.18 Å². The lowest BCUT2D eigenvalue weighted by molar-refractivity contribution is -0.130. The number of fused-ring (bicyclic) bond motifs is 1. The van der Waals surface area contributed by atoms with Crippen LogP contribution in [0.25, 0.3) is 0 Å². The standard InChI is InChI=1S/C29H47FN4O6S/c30-29(12-6-2-1-3-7-13-29)27(36)32-15-9-17-39-19-21-40-20-18-38-16-8-14-31-25(35)11-5-4-10-24-26-23(22-41-24)33-28(37)34-26/h23-24,26H,1-6,8-12,14-22H2,(H,31,35)(H,32,36)(H2,33,34,37)/t23-,24-,26-,29?/m0/s1. The highest BCUT2D eigenvalue weighted by atomic mass is 32.2. The second-order valence-electron chi connectivity index (χ2n) is 10.7. The van der Waals surface area contributed by atoms with Gasteiger partial charge in [0, 0.05) is 56.6 Å². The molecule has 12 heteroatoms. The average molecular weight is 599 g/mol. The van der Waals surface area contributed by atoms with Crippen LogP contribution in [0.5, 0.6) is 0 Å². The number of hydrogen-bond acceptors (Lipinski definition) is 7. The molecule has 2 saturated heterocycles. The molecule has 4 amide bonds. The Morgan fingerprint density at radius 1 is 0.927 bits per heavy atom. The molecule has 232 valence electrons. The number of unbranched alkanes of at least 4 members (excludes halogenated alkanes) is 1. The lowest BCUT2D eigenvalue weighted by atomic mass is 9.94. The predicted molar refractivity (Wildman–Crippen MR) is 156 cm³/mol. The van der Waals surface area contributed by atoms with Gasteiger partial charge in [-0.2, -0.15) is 11.8 Å². The Morgan fingerprint density at radius 2 is 1.63 bits per heavy atom. The van der Waals surface area contributed by atoms with Gasteiger partial charge in [-0.3, -0.25) is 9.59 Å². The Balaban J connectivity index is 1.03. The molecule has 0 bridgehead atoms. The smallest absolute Gasteiger partial charge is 0.315 e. The van der Waals surface area contributed by atoms with Gasteiger partial charge in [0.05, 0.1) is 38.5 Å². The number of carbonyl (C=O) groups is 3. The van der Waals surface area contributed by atoms with E-state index < -0.39 is 11.6 Å². The van der Waals surface area contributed by atoms with E-state index in [0.717, 1.165) is 44.3 Å². The molecule has 2 fully saturated rings. The lowest BCUT2D eigenvalue weighted by Crippen LogP contribution is -2.43. The first kappa shape index (κ1) is 33.4. The van der Waals surface area contributed by atoms with Gasteiger partial charge < -0.3 is 35.5 Å². The molecular weight excluding hydrogens is 551 g/mol. The maximum absolute atomic E-state index is 14.8. The summed E-state index contributed by atoms with van der Waals surface area (Å²) in [4.78, 5) is 35.6. The minimum absolute atomic E-state index is 0.0610. The van der Waals surface area contributed by atoms with E-state index in [-0.39, 0.29) is 30.4 Å². The Labute approximate surface area is 247 Å². The number of carbonyl (C=O) groups excluding carboxylic acids is 3. The summed E-state index contributed by atoms with van der Waals surface area (Å²) in [7, 11) is 0. The van der Waals surface area contributed by atoms with E-state index in [1.807, 2.05) is 11.8 Å². The highest BCUT2D eigenvalue weighted by Gasteiger charge is 2.42. The van der Waals surface area contributed by atoms with E-state index in [1.165, 1.54) is 0 Å². The van der Waals surface area contributed by atoms with Crippen LogP contribution in [0.15, 0.2) is 0 Å². The van der Waals surface area contributed by atoms with Gasteiger partial charge in [0.15, 0.2) is 0 Å². The minimum Gasteiger partial charge on any atom is -0.379 e. The van der Waals surface area contributed by atoms with Gasteiger partial charge in [-0.15, -0.1) is 0 Å². The van der Waals surface area contributed by atoms with Crippen molar-refractivity contribution in [3.05, 3.63) is 0 Å². The SMILES string of the molecule is O=C(CCCC[C@@H]1SC[C@@H]2NC(=O)N[C@@H]21)NCCCOCCOCCOCCCNC(=O)C1(F)C#CCCCCC1. The summed E-state index contributed by atoms with van der Waals surface area (Å²) in [6.45, 7) is 3.77. The van der Waals surface area contributed by atoms with Gasteiger partial charge in [-0.05, 0) is 38.5 Å². The van der Waals surface area contributed by atoms with Crippen LogP contribution in [0.3, 0.4) is 0 Å². The molecule has 0 aromatic carbocycles. The van der Waals surface area contributed by atoms with E-state index in [9.17, 15) is 18.8 Å². The van der Waals surface area contributed by atoms with Crippen LogP contribution in [-0.2, 0) is 23.8 Å². The second kappa shape index (κ2) is 19.2. The van der Waals surface area contributed by atoms with Crippen LogP contribution >= 0.6 is 11.8 Å². The quantitative estimate of drug-likeness (QED) is 0.0964. The van der Waals surface area contributed by atoms with Crippen LogP contribution < -0.4 is 21.3 Å². The molecule has 4 N–H and O–H groups in total. The summed E-state index contributed by atoms with van der Waals surface area (Å²) < 4.78 is 31.3. The van der Waals surface area contributed by atoms with Gasteiger partial charge in [-0.25, -0.2) is 9.18 Å². The molecule has 1 aliphatic carbocycles. The van der Waals surface area contributed by atoms with E-state index in [1.54, 1.807) is 0 Å². The maximum Gasteiger partial charge on any atom is 0.315 e. The van der Waals surface area contributed by atoms with Gasteiger partial charge in [0.1, 0.15) is 0 Å². The largest absolute Gasteiger partial charge is 0.379 e. The summed E-state index contributed by atoms with van der Waals surface area (Å²) in [5.74, 6) is 5.68. The molecule has 2 heterocycles. The number of amides is 4. The third kappa shape index (κ3) is 12.8. The Hall–Kier alpha value is -2.07. The molecule has 0 aromatic heterocycles. The van der Waals surface area contributed by atoms with Crippen molar-refractivity contribution in [1.82, 2.24) is 21.3 Å². The van der Waals surface area contributed by atoms with Crippen molar-refractivity contribution >= 4 is 29.6 Å². The Morgan fingerprint density at radius 3 is 2.39 bits per heavy atom. The fraction of sp³-hybridized carbons (Fsp3) is 0.828. The highest BCUT2D eigenvalue weighted by molar-refractivity contribution is 8.00. The molecule has 10 nitrogen and oxygen atoms in total. The minimum atomic E-state index is -2.07. The molecular formula is C29H47FN4O6S. The molecule has 3 aliphatic rings. The summed E-state index contributed by atoms with van der Waals surface area (Å²) in [5.41, 5.74) is -2.07. The van der Waals surface area contributed by atoms with E-state index in [2.05, 4.69) is 33.1 Å². The molecule has 1 unspecified atom stereocenters. The Bertz CT molecular complexity index is 887. The summed E-state index contributed by atoms with van der Waals surface area (Å²) >= 11 is 1.90. The lowest BCUT2D eigenvalue weighted by Gasteiger charge is -2.20. The number of ether oxygens (including phenoxy) is 3. The summed E-state index contributed by atoms with van der Waals surface area (Å²) in [6, 6.07) is 0.411. The van der Waals surface area contributed by atoms with Crippen LogP contribution in [0.1, 0.15) is 70.6 Å². The number of halogens is 1. The van der Waals surface area contributed by atoms with Crippen molar-refractivity contribution in [2.75, 3.05) is 58.5 Å². The second-order valence-corrected chi connectivity index (χ2v) is 12.0. The predicted octanol–water partition coefficient (Wildman–Crippen LogP) is 2.45. The number of hydrogen-bond donors (Lipinski definition) is 4. The first-order valence-electron chi connectivity index (χ1n) is 15.1. The van der Waals surface area contributed by atoms with Crippen molar-refractivity contribution in [1.29, 1.82) is 0 Å². The third-order valence-electron chi connectivity index (χ3n) is 7.33. The van der Waals surface area contributed by atoms with Crippen molar-refractivity contribution in [3.63, 3.8) is 0 Å². The molecule has 4 atom stereocenters. The van der Waals surface area contributed by atoms with Gasteiger partial charge in [0.25, 0.3) is 5.91 Å². The maximum atomic E-state index is 14.8. The van der Waals surface area contributed by atoms with Crippen molar-refractivity contribution < 1.29 is 33.0 Å². The van der Waals surface area contributed by atoms with E-state index in [4.69, 9.17) is 14.2 Å². The zero-order valence-electron chi connectivity index (χ0n) is 24.1. The molecule has 0 radical (unpaired) electrons. The average Bonchev–Trinajstić information content (AvgIpc) is 3.50. The van der Waals surface area contributed by atoms with Crippen LogP contribution in [-0.4, -0.2) is 99.3 Å². The number of thioether (sulfide) groups is 1. The van der Waals surface area contributed by atoms with Gasteiger partial charge in [-0.1, -0.05) is 24.7 Å². The van der Waals surface area contributed by atoms with E-state index >= 15 is 0 Å². The van der Waals surface area contributed by atoms with Crippen molar-refractivity contribution in [2.24, 2.45) is 0 Å². The zero-order chi connectivity index (χ0) is 29.2. The number of alkyl halides is 1. The highest BCUT2D eigenvalue weighted by Crippen LogP contribution is 2.33. The summed E-state index contributed by atoms with van der Waals surface area (Å²) in [5, 5.41) is 12.0. The molecule has 3 rings (SSSR count). The van der Waals surface area contributed by atoms with Crippen molar-refractivity contribution in [2.45, 2.75) is 93.6 Å². The Kier molecular flexibility index (Phi) is 15.6. The first-order chi connectivity index (χ1) is 20.0. The van der Waals surface area contributed by atoms with Gasteiger partial charge in [0.2, 0.25) is 11.6 Å². The fourth-order valence-corrected chi connectivity index (χ4v) is 6.56. The normalized spacial score (nSPS) is 25.2. The zero-order valence-corrected chi connectivity index (χ0v) is 24.9. The number of urea groups is 1. The fourth-order valence-electron chi connectivity index (χ4n) is 5.02. The molecule has 0 aromatic rings. The van der Waals surface area contributed by atoms with E-state index in [0.29, 0.717) is 83.7 Å².